The van der Waals surface area contributed by atoms with Crippen LogP contribution < -0.4 is 0 Å². The highest BCUT2D eigenvalue weighted by molar-refractivity contribution is 6.00. The molecule has 0 unspecified atom stereocenters. The van der Waals surface area contributed by atoms with Gasteiger partial charge >= 0.3 is 12.4 Å². The molecule has 0 aliphatic heterocycles. The van der Waals surface area contributed by atoms with E-state index in [4.69, 9.17) is 5.26 Å². The van der Waals surface area contributed by atoms with Crippen molar-refractivity contribution in [1.82, 2.24) is 9.88 Å². The zero-order chi connectivity index (χ0) is 26.0. The number of nitriles is 1. The fourth-order valence-electron chi connectivity index (χ4n) is 3.61. The normalized spacial score (nSPS) is 11.7. The Morgan fingerprint density at radius 2 is 1.57 bits per heavy atom. The van der Waals surface area contributed by atoms with Gasteiger partial charge in [-0.3, -0.25) is 9.78 Å². The highest BCUT2D eigenvalue weighted by Crippen LogP contribution is 2.37. The summed E-state index contributed by atoms with van der Waals surface area (Å²) in [7, 11) is 1.28. The molecule has 0 saturated carbocycles. The number of pyridine rings is 1. The SMILES string of the molecule is Cc1ccccc1-c1cc(CC#N)ncc1C(=O)N(C)Cc1cc(C(F)(F)F)cc(C(F)(F)F)c1. The number of halogens is 6. The third kappa shape index (κ3) is 5.98. The molecule has 1 heterocycles. The van der Waals surface area contributed by atoms with Crippen molar-refractivity contribution in [3.8, 4) is 17.2 Å². The van der Waals surface area contributed by atoms with E-state index in [-0.39, 0.29) is 23.6 Å². The van der Waals surface area contributed by atoms with E-state index >= 15 is 0 Å². The first kappa shape index (κ1) is 25.7. The van der Waals surface area contributed by atoms with E-state index in [1.54, 1.807) is 24.3 Å². The summed E-state index contributed by atoms with van der Waals surface area (Å²) in [5, 5.41) is 9.00. The number of amides is 1. The van der Waals surface area contributed by atoms with Crippen LogP contribution >= 0.6 is 0 Å². The van der Waals surface area contributed by atoms with Crippen LogP contribution in [0.25, 0.3) is 11.1 Å². The molecule has 3 aromatic rings. The molecule has 4 nitrogen and oxygen atoms in total. The summed E-state index contributed by atoms with van der Waals surface area (Å²) in [5.41, 5.74) is -0.744. The molecular formula is C25H19F6N3O. The number of alkyl halides is 6. The Kier molecular flexibility index (Phi) is 7.19. The lowest BCUT2D eigenvalue weighted by molar-refractivity contribution is -0.143. The van der Waals surface area contributed by atoms with Crippen LogP contribution in [0.1, 0.15) is 38.3 Å². The Hall–Kier alpha value is -3.87. The number of hydrogen-bond acceptors (Lipinski definition) is 3. The average molecular weight is 491 g/mol. The number of aromatic nitrogens is 1. The predicted octanol–water partition coefficient (Wildman–Crippen LogP) is 6.43. The summed E-state index contributed by atoms with van der Waals surface area (Å²) < 4.78 is 79.2. The maximum Gasteiger partial charge on any atom is 0.416 e. The van der Waals surface area contributed by atoms with Gasteiger partial charge in [0.25, 0.3) is 5.91 Å². The molecule has 0 bridgehead atoms. The molecule has 1 amide bonds. The van der Waals surface area contributed by atoms with Crippen molar-refractivity contribution in [2.75, 3.05) is 7.05 Å². The fraction of sp³-hybridized carbons (Fsp3) is 0.240. The zero-order valence-electron chi connectivity index (χ0n) is 18.6. The van der Waals surface area contributed by atoms with Gasteiger partial charge in [-0.15, -0.1) is 0 Å². The van der Waals surface area contributed by atoms with Gasteiger partial charge in [0, 0.05) is 19.8 Å². The molecule has 2 aromatic carbocycles. The summed E-state index contributed by atoms with van der Waals surface area (Å²) in [6.07, 6.45) is -8.72. The second-order valence-corrected chi connectivity index (χ2v) is 7.95. The molecule has 0 spiro atoms. The number of aryl methyl sites for hydroxylation is 1. The number of hydrogen-bond donors (Lipinski definition) is 0. The highest BCUT2D eigenvalue weighted by Gasteiger charge is 2.37. The molecule has 1 aromatic heterocycles. The van der Waals surface area contributed by atoms with Gasteiger partial charge in [-0.05, 0) is 53.4 Å². The summed E-state index contributed by atoms with van der Waals surface area (Å²) in [6, 6.07) is 11.9. The fourth-order valence-corrected chi connectivity index (χ4v) is 3.61. The molecule has 0 saturated heterocycles. The van der Waals surface area contributed by atoms with Crippen LogP contribution in [0.15, 0.2) is 54.7 Å². The Morgan fingerprint density at radius 1 is 0.971 bits per heavy atom. The number of benzene rings is 2. The van der Waals surface area contributed by atoms with Crippen molar-refractivity contribution in [2.45, 2.75) is 32.2 Å². The van der Waals surface area contributed by atoms with Crippen LogP contribution in [0.4, 0.5) is 26.3 Å². The molecule has 0 radical (unpaired) electrons. The number of carbonyl (C=O) groups excluding carboxylic acids is 1. The third-order valence-corrected chi connectivity index (χ3v) is 5.30. The Morgan fingerprint density at radius 3 is 2.11 bits per heavy atom. The van der Waals surface area contributed by atoms with Gasteiger partial charge in [-0.25, -0.2) is 0 Å². The van der Waals surface area contributed by atoms with Gasteiger partial charge in [-0.2, -0.15) is 31.6 Å². The minimum atomic E-state index is -4.99. The van der Waals surface area contributed by atoms with Crippen molar-refractivity contribution in [2.24, 2.45) is 0 Å². The quantitative estimate of drug-likeness (QED) is 0.387. The van der Waals surface area contributed by atoms with Crippen LogP contribution in [-0.4, -0.2) is 22.8 Å². The lowest BCUT2D eigenvalue weighted by Crippen LogP contribution is -2.27. The summed E-state index contributed by atoms with van der Waals surface area (Å²) in [6.45, 7) is 1.32. The minimum Gasteiger partial charge on any atom is -0.337 e. The van der Waals surface area contributed by atoms with Gasteiger partial charge in [0.05, 0.1) is 34.9 Å². The Balaban J connectivity index is 2.02. The molecule has 0 N–H and O–H groups in total. The average Bonchev–Trinajstić information content (AvgIpc) is 2.78. The van der Waals surface area contributed by atoms with Gasteiger partial charge < -0.3 is 4.90 Å². The third-order valence-electron chi connectivity index (χ3n) is 5.30. The maximum absolute atomic E-state index is 13.3. The second kappa shape index (κ2) is 9.78. The monoisotopic (exact) mass is 491 g/mol. The standard InChI is InChI=1S/C25H19F6N3O/c1-15-5-3-4-6-20(15)21-12-19(7-8-32)33-13-22(21)23(35)34(2)14-16-9-17(24(26,27)28)11-18(10-16)25(29,30)31/h3-6,9-13H,7,14H2,1-2H3. The zero-order valence-corrected chi connectivity index (χ0v) is 18.6. The summed E-state index contributed by atoms with van der Waals surface area (Å²) in [4.78, 5) is 18.4. The first-order valence-electron chi connectivity index (χ1n) is 10.3. The van der Waals surface area contributed by atoms with E-state index in [0.29, 0.717) is 29.0 Å². The molecule has 35 heavy (non-hydrogen) atoms. The van der Waals surface area contributed by atoms with Gasteiger partial charge in [-0.1, -0.05) is 24.3 Å². The van der Waals surface area contributed by atoms with E-state index < -0.39 is 35.9 Å². The van der Waals surface area contributed by atoms with Crippen LogP contribution in [-0.2, 0) is 25.3 Å². The molecule has 0 fully saturated rings. The lowest BCUT2D eigenvalue weighted by Gasteiger charge is -2.21. The van der Waals surface area contributed by atoms with Crippen molar-refractivity contribution in [3.05, 3.63) is 88.2 Å². The van der Waals surface area contributed by atoms with E-state index in [0.717, 1.165) is 10.5 Å². The minimum absolute atomic E-state index is 0.00630. The maximum atomic E-state index is 13.3. The molecule has 0 aliphatic rings. The predicted molar refractivity (Wildman–Crippen MR) is 116 cm³/mol. The van der Waals surface area contributed by atoms with Crippen LogP contribution in [0.5, 0.6) is 0 Å². The molecule has 0 aliphatic carbocycles. The van der Waals surface area contributed by atoms with E-state index in [1.807, 2.05) is 19.1 Å². The Labute approximate surface area is 197 Å². The smallest absolute Gasteiger partial charge is 0.337 e. The van der Waals surface area contributed by atoms with Crippen LogP contribution in [0.3, 0.4) is 0 Å². The lowest BCUT2D eigenvalue weighted by atomic mass is 9.95. The number of nitrogens with zero attached hydrogens (tertiary/aromatic N) is 3. The van der Waals surface area contributed by atoms with Crippen molar-refractivity contribution >= 4 is 5.91 Å². The molecule has 182 valence electrons. The van der Waals surface area contributed by atoms with Crippen molar-refractivity contribution in [3.63, 3.8) is 0 Å². The van der Waals surface area contributed by atoms with E-state index in [1.165, 1.54) is 13.2 Å². The van der Waals surface area contributed by atoms with Gasteiger partial charge in [0.2, 0.25) is 0 Å². The molecule has 3 rings (SSSR count). The molecule has 10 heteroatoms. The molecular weight excluding hydrogens is 472 g/mol. The topological polar surface area (TPSA) is 57.0 Å². The first-order valence-corrected chi connectivity index (χ1v) is 10.3. The van der Waals surface area contributed by atoms with Crippen LogP contribution in [0, 0.1) is 18.3 Å². The van der Waals surface area contributed by atoms with Gasteiger partial charge in [0.1, 0.15) is 0 Å². The second-order valence-electron chi connectivity index (χ2n) is 7.95. The van der Waals surface area contributed by atoms with Crippen molar-refractivity contribution in [1.29, 1.82) is 5.26 Å². The Bertz CT molecular complexity index is 1260. The number of rotatable bonds is 5. The first-order chi connectivity index (χ1) is 16.3. The van der Waals surface area contributed by atoms with Gasteiger partial charge in [0.15, 0.2) is 0 Å². The largest absolute Gasteiger partial charge is 0.416 e. The highest BCUT2D eigenvalue weighted by atomic mass is 19.4. The summed E-state index contributed by atoms with van der Waals surface area (Å²) >= 11 is 0. The van der Waals surface area contributed by atoms with E-state index in [9.17, 15) is 31.1 Å². The summed E-state index contributed by atoms with van der Waals surface area (Å²) in [5.74, 6) is -0.648. The van der Waals surface area contributed by atoms with Crippen molar-refractivity contribution < 1.29 is 31.1 Å². The number of carbonyl (C=O) groups is 1. The molecule has 0 atom stereocenters. The van der Waals surface area contributed by atoms with E-state index in [2.05, 4.69) is 4.98 Å². The van der Waals surface area contributed by atoms with Crippen LogP contribution in [0.2, 0.25) is 0 Å².